The molecule has 0 aliphatic heterocycles. The molecule has 1 aromatic rings. The smallest absolute Gasteiger partial charge is 0.151 e. The molecule has 0 bridgehead atoms. The van der Waals surface area contributed by atoms with Crippen LogP contribution in [0.4, 0.5) is 4.39 Å². The second-order valence-corrected chi connectivity index (χ2v) is 4.32. The summed E-state index contributed by atoms with van der Waals surface area (Å²) in [4.78, 5) is 0. The minimum atomic E-state index is -0.275. The molecular formula is C8H9Br2FN2S. The van der Waals surface area contributed by atoms with E-state index in [1.807, 2.05) is 0 Å². The van der Waals surface area contributed by atoms with Crippen LogP contribution in [0.1, 0.15) is 5.56 Å². The lowest BCUT2D eigenvalue weighted by Crippen LogP contribution is -2.04. The van der Waals surface area contributed by atoms with Crippen LogP contribution in [0.3, 0.4) is 0 Å². The van der Waals surface area contributed by atoms with Gasteiger partial charge in [0.05, 0.1) is 0 Å². The molecule has 2 nitrogen and oxygen atoms in total. The highest BCUT2D eigenvalue weighted by Gasteiger charge is 2.03. The summed E-state index contributed by atoms with van der Waals surface area (Å²) in [6.45, 7) is 0. The highest BCUT2D eigenvalue weighted by atomic mass is 79.9. The van der Waals surface area contributed by atoms with Gasteiger partial charge in [-0.1, -0.05) is 33.8 Å². The van der Waals surface area contributed by atoms with E-state index < -0.39 is 0 Å². The lowest BCUT2D eigenvalue weighted by Gasteiger charge is -2.01. The molecule has 1 aromatic carbocycles. The van der Waals surface area contributed by atoms with Gasteiger partial charge in [0.25, 0.3) is 0 Å². The summed E-state index contributed by atoms with van der Waals surface area (Å²) >= 11 is 4.27. The Labute approximate surface area is 105 Å². The minimum absolute atomic E-state index is 0. The Bertz CT molecular complexity index is 333. The summed E-state index contributed by atoms with van der Waals surface area (Å²) in [6.07, 6.45) is 0. The quantitative estimate of drug-likeness (QED) is 0.639. The highest BCUT2D eigenvalue weighted by Crippen LogP contribution is 2.19. The summed E-state index contributed by atoms with van der Waals surface area (Å²) < 4.78 is 13.9. The number of hydrogen-bond acceptors (Lipinski definition) is 2. The third-order valence-corrected chi connectivity index (χ3v) is 2.66. The van der Waals surface area contributed by atoms with Gasteiger partial charge in [0.1, 0.15) is 5.82 Å². The molecule has 3 N–H and O–H groups in total. The van der Waals surface area contributed by atoms with E-state index in [0.717, 1.165) is 11.8 Å². The maximum Gasteiger partial charge on any atom is 0.151 e. The number of hydrogen-bond donors (Lipinski definition) is 2. The summed E-state index contributed by atoms with van der Waals surface area (Å²) in [5.41, 5.74) is 5.69. The maximum atomic E-state index is 13.1. The van der Waals surface area contributed by atoms with Gasteiger partial charge in [-0.2, -0.15) is 0 Å². The first-order valence-electron chi connectivity index (χ1n) is 3.50. The van der Waals surface area contributed by atoms with Crippen LogP contribution in [0, 0.1) is 11.2 Å². The SMILES string of the molecule is Br.N=C(N)SCc1ccc(Br)cc1F. The van der Waals surface area contributed by atoms with Crippen LogP contribution in [0.2, 0.25) is 0 Å². The van der Waals surface area contributed by atoms with E-state index in [0.29, 0.717) is 15.8 Å². The molecule has 0 heterocycles. The van der Waals surface area contributed by atoms with Gasteiger partial charge in [-0.05, 0) is 17.7 Å². The Morgan fingerprint density at radius 2 is 2.21 bits per heavy atom. The van der Waals surface area contributed by atoms with E-state index in [-0.39, 0.29) is 28.0 Å². The van der Waals surface area contributed by atoms with Gasteiger partial charge in [0.15, 0.2) is 5.17 Å². The third kappa shape index (κ3) is 4.43. The minimum Gasteiger partial charge on any atom is -0.379 e. The summed E-state index contributed by atoms with van der Waals surface area (Å²) in [7, 11) is 0. The van der Waals surface area contributed by atoms with Gasteiger partial charge in [-0.15, -0.1) is 17.0 Å². The molecule has 0 aliphatic rings. The van der Waals surface area contributed by atoms with Crippen molar-refractivity contribution in [1.82, 2.24) is 0 Å². The topological polar surface area (TPSA) is 49.9 Å². The van der Waals surface area contributed by atoms with Crippen LogP contribution in [-0.4, -0.2) is 5.17 Å². The monoisotopic (exact) mass is 342 g/mol. The van der Waals surface area contributed by atoms with Crippen LogP contribution in [-0.2, 0) is 5.75 Å². The summed E-state index contributed by atoms with van der Waals surface area (Å²) in [5, 5.41) is 6.97. The zero-order valence-corrected chi connectivity index (χ0v) is 11.2. The van der Waals surface area contributed by atoms with Crippen molar-refractivity contribution in [1.29, 1.82) is 5.41 Å². The molecule has 14 heavy (non-hydrogen) atoms. The zero-order valence-electron chi connectivity index (χ0n) is 7.09. The average molecular weight is 344 g/mol. The molecular weight excluding hydrogens is 335 g/mol. The highest BCUT2D eigenvalue weighted by molar-refractivity contribution is 9.10. The van der Waals surface area contributed by atoms with Crippen LogP contribution < -0.4 is 5.73 Å². The third-order valence-electron chi connectivity index (χ3n) is 1.40. The molecule has 0 unspecified atom stereocenters. The first kappa shape index (κ1) is 13.9. The van der Waals surface area contributed by atoms with Gasteiger partial charge < -0.3 is 5.73 Å². The molecule has 6 heteroatoms. The summed E-state index contributed by atoms with van der Waals surface area (Å²) in [6, 6.07) is 4.84. The molecule has 0 spiro atoms. The predicted molar refractivity (Wildman–Crippen MR) is 67.6 cm³/mol. The molecule has 0 saturated carbocycles. The zero-order chi connectivity index (χ0) is 9.84. The lowest BCUT2D eigenvalue weighted by molar-refractivity contribution is 0.616. The molecule has 0 amide bonds. The Balaban J connectivity index is 0.00000169. The van der Waals surface area contributed by atoms with Crippen molar-refractivity contribution < 1.29 is 4.39 Å². The van der Waals surface area contributed by atoms with Crippen molar-refractivity contribution in [3.05, 3.63) is 34.1 Å². The second kappa shape index (κ2) is 6.42. The molecule has 1 rings (SSSR count). The van der Waals surface area contributed by atoms with E-state index in [1.54, 1.807) is 12.1 Å². The van der Waals surface area contributed by atoms with Crippen molar-refractivity contribution >= 4 is 49.8 Å². The van der Waals surface area contributed by atoms with E-state index in [4.69, 9.17) is 11.1 Å². The first-order chi connectivity index (χ1) is 6.09. The number of halogens is 3. The van der Waals surface area contributed by atoms with Crippen molar-refractivity contribution in [2.45, 2.75) is 5.75 Å². The van der Waals surface area contributed by atoms with Crippen LogP contribution in [0.25, 0.3) is 0 Å². The standard InChI is InChI=1S/C8H8BrFN2S.BrH/c9-6-2-1-5(7(10)3-6)4-13-8(11)12;/h1-3H,4H2,(H3,11,12);1H. The average Bonchev–Trinajstić information content (AvgIpc) is 2.02. The van der Waals surface area contributed by atoms with Crippen molar-refractivity contribution in [3.63, 3.8) is 0 Å². The van der Waals surface area contributed by atoms with E-state index >= 15 is 0 Å². The molecule has 0 aliphatic carbocycles. The Kier molecular flexibility index (Phi) is 6.39. The molecule has 0 fully saturated rings. The van der Waals surface area contributed by atoms with Crippen LogP contribution in [0.15, 0.2) is 22.7 Å². The van der Waals surface area contributed by atoms with E-state index in [2.05, 4.69) is 15.9 Å². The molecule has 0 atom stereocenters. The largest absolute Gasteiger partial charge is 0.379 e. The first-order valence-corrected chi connectivity index (χ1v) is 5.28. The van der Waals surface area contributed by atoms with Gasteiger partial charge in [0, 0.05) is 10.2 Å². The lowest BCUT2D eigenvalue weighted by atomic mass is 10.2. The summed E-state index contributed by atoms with van der Waals surface area (Å²) in [5.74, 6) is 0.122. The Morgan fingerprint density at radius 1 is 1.57 bits per heavy atom. The number of thioether (sulfide) groups is 1. The normalized spacial score (nSPS) is 9.29. The maximum absolute atomic E-state index is 13.1. The fraction of sp³-hybridized carbons (Fsp3) is 0.125. The Morgan fingerprint density at radius 3 is 2.71 bits per heavy atom. The van der Waals surface area contributed by atoms with Crippen LogP contribution in [0.5, 0.6) is 0 Å². The van der Waals surface area contributed by atoms with Gasteiger partial charge in [-0.25, -0.2) is 4.39 Å². The molecule has 0 aromatic heterocycles. The fourth-order valence-electron chi connectivity index (χ4n) is 0.794. The second-order valence-electron chi connectivity index (χ2n) is 2.39. The van der Waals surface area contributed by atoms with Crippen molar-refractivity contribution in [2.24, 2.45) is 5.73 Å². The predicted octanol–water partition coefficient (Wildman–Crippen LogP) is 3.29. The Hall–Kier alpha value is -0.0700. The number of rotatable bonds is 2. The number of nitrogens with two attached hydrogens (primary N) is 1. The van der Waals surface area contributed by atoms with Crippen molar-refractivity contribution in [2.75, 3.05) is 0 Å². The number of nitrogens with one attached hydrogen (secondary N) is 1. The van der Waals surface area contributed by atoms with E-state index in [9.17, 15) is 4.39 Å². The van der Waals surface area contributed by atoms with Gasteiger partial charge in [-0.3, -0.25) is 5.41 Å². The van der Waals surface area contributed by atoms with Crippen LogP contribution >= 0.6 is 44.7 Å². The fourth-order valence-corrected chi connectivity index (χ4v) is 1.67. The number of amidine groups is 1. The number of benzene rings is 1. The van der Waals surface area contributed by atoms with E-state index in [1.165, 1.54) is 6.07 Å². The molecule has 0 saturated heterocycles. The van der Waals surface area contributed by atoms with Gasteiger partial charge >= 0.3 is 0 Å². The molecule has 0 radical (unpaired) electrons. The molecule has 78 valence electrons. The van der Waals surface area contributed by atoms with Gasteiger partial charge in [0.2, 0.25) is 0 Å². The van der Waals surface area contributed by atoms with Crippen molar-refractivity contribution in [3.8, 4) is 0 Å².